The molecule has 4 nitrogen and oxygen atoms in total. The summed E-state index contributed by atoms with van der Waals surface area (Å²) in [5.74, 6) is -0.794. The molecule has 0 aliphatic carbocycles. The van der Waals surface area contributed by atoms with Gasteiger partial charge in [-0.25, -0.2) is 4.79 Å². The van der Waals surface area contributed by atoms with Gasteiger partial charge >= 0.3 is 5.97 Å². The highest BCUT2D eigenvalue weighted by Gasteiger charge is 2.37. The average Bonchev–Trinajstić information content (AvgIpc) is 2.58. The number of carbonyl (C=O) groups is 2. The van der Waals surface area contributed by atoms with Crippen LogP contribution in [0, 0.1) is 0 Å². The summed E-state index contributed by atoms with van der Waals surface area (Å²) >= 11 is 0. The van der Waals surface area contributed by atoms with E-state index in [-0.39, 0.29) is 17.5 Å². The summed E-state index contributed by atoms with van der Waals surface area (Å²) in [5, 5.41) is 0. The van der Waals surface area contributed by atoms with Crippen molar-refractivity contribution in [2.45, 2.75) is 38.8 Å². The van der Waals surface area contributed by atoms with Crippen LogP contribution in [-0.4, -0.2) is 29.9 Å². The van der Waals surface area contributed by atoms with Crippen LogP contribution < -0.4 is 0 Å². The number of nitrogens with zero attached hydrogens (tertiary/aromatic N) is 1. The number of likely N-dealkylation sites (N-methyl/N-ethyl adjacent to an activating group) is 1. The van der Waals surface area contributed by atoms with Crippen LogP contribution in [-0.2, 0) is 14.3 Å². The lowest BCUT2D eigenvalue weighted by atomic mass is 10.0. The zero-order valence-electron chi connectivity index (χ0n) is 12.7. The third kappa shape index (κ3) is 3.15. The topological polar surface area (TPSA) is 46.6 Å². The first kappa shape index (κ1) is 15.3. The first-order valence-electron chi connectivity index (χ1n) is 7.29. The summed E-state index contributed by atoms with van der Waals surface area (Å²) in [4.78, 5) is 26.3. The highest BCUT2D eigenvalue weighted by Crippen LogP contribution is 2.29. The van der Waals surface area contributed by atoms with Crippen LogP contribution in [0.15, 0.2) is 42.0 Å². The van der Waals surface area contributed by atoms with Crippen LogP contribution in [0.5, 0.6) is 0 Å². The molecular weight excluding hydrogens is 266 g/mol. The molecule has 1 amide bonds. The van der Waals surface area contributed by atoms with E-state index in [1.165, 1.54) is 0 Å². The number of benzene rings is 1. The Bertz CT molecular complexity index is 550. The summed E-state index contributed by atoms with van der Waals surface area (Å²) < 4.78 is 5.59. The summed E-state index contributed by atoms with van der Waals surface area (Å²) in [5.41, 5.74) is 1.04. The van der Waals surface area contributed by atoms with E-state index in [4.69, 9.17) is 4.74 Å². The molecule has 1 heterocycles. The molecule has 2 rings (SSSR count). The second-order valence-electron chi connectivity index (χ2n) is 5.30. The highest BCUT2D eigenvalue weighted by molar-refractivity contribution is 6.16. The van der Waals surface area contributed by atoms with Crippen molar-refractivity contribution in [2.24, 2.45) is 0 Å². The predicted octanol–water partition coefficient (Wildman–Crippen LogP) is 2.86. The smallest absolute Gasteiger partial charge is 0.344 e. The molecule has 1 aliphatic heterocycles. The Morgan fingerprint density at radius 1 is 1.24 bits per heavy atom. The molecule has 1 aromatic rings. The van der Waals surface area contributed by atoms with Crippen LogP contribution in [0.1, 0.15) is 38.4 Å². The van der Waals surface area contributed by atoms with Crippen LogP contribution >= 0.6 is 0 Å². The van der Waals surface area contributed by atoms with E-state index in [0.29, 0.717) is 6.42 Å². The third-order valence-electron chi connectivity index (χ3n) is 3.82. The lowest BCUT2D eigenvalue weighted by molar-refractivity contribution is -0.145. The van der Waals surface area contributed by atoms with Crippen molar-refractivity contribution < 1.29 is 14.3 Å². The third-order valence-corrected chi connectivity index (χ3v) is 3.82. The molecule has 0 aromatic heterocycles. The van der Waals surface area contributed by atoms with Crippen molar-refractivity contribution >= 4 is 11.9 Å². The van der Waals surface area contributed by atoms with Crippen LogP contribution in [0.2, 0.25) is 0 Å². The maximum atomic E-state index is 12.4. The van der Waals surface area contributed by atoms with Gasteiger partial charge in [-0.2, -0.15) is 0 Å². The number of ether oxygens (including phenoxy) is 1. The fraction of sp³-hybridized carbons (Fsp3) is 0.412. The minimum absolute atomic E-state index is 0.143. The van der Waals surface area contributed by atoms with E-state index in [9.17, 15) is 9.59 Å². The molecule has 1 aromatic carbocycles. The number of carbonyl (C=O) groups excluding carboxylic acids is 2. The first-order valence-corrected chi connectivity index (χ1v) is 7.29. The number of hydrogen-bond donors (Lipinski definition) is 0. The largest absolute Gasteiger partial charge is 0.452 e. The zero-order valence-corrected chi connectivity index (χ0v) is 12.7. The number of cyclic esters (lactones) is 1. The molecule has 21 heavy (non-hydrogen) atoms. The van der Waals surface area contributed by atoms with E-state index >= 15 is 0 Å². The van der Waals surface area contributed by atoms with E-state index in [1.807, 2.05) is 44.2 Å². The molecule has 0 unspecified atom stereocenters. The molecule has 0 saturated carbocycles. The van der Waals surface area contributed by atoms with Crippen LogP contribution in [0.3, 0.4) is 0 Å². The fourth-order valence-corrected chi connectivity index (χ4v) is 2.39. The molecule has 4 heteroatoms. The Kier molecular flexibility index (Phi) is 4.78. The van der Waals surface area contributed by atoms with Gasteiger partial charge in [-0.1, -0.05) is 49.8 Å². The van der Waals surface area contributed by atoms with Crippen molar-refractivity contribution in [2.75, 3.05) is 7.05 Å². The van der Waals surface area contributed by atoms with Gasteiger partial charge in [0.2, 0.25) is 0 Å². The second kappa shape index (κ2) is 6.57. The molecular formula is C17H21NO3. The Hall–Kier alpha value is -2.10. The van der Waals surface area contributed by atoms with E-state index < -0.39 is 12.1 Å². The van der Waals surface area contributed by atoms with Gasteiger partial charge in [-0.3, -0.25) is 4.79 Å². The quantitative estimate of drug-likeness (QED) is 0.488. The number of amides is 1. The van der Waals surface area contributed by atoms with Crippen molar-refractivity contribution in [3.05, 3.63) is 47.5 Å². The highest BCUT2D eigenvalue weighted by atomic mass is 16.5. The number of unbranched alkanes of at least 4 members (excludes halogenated alkanes) is 1. The molecule has 112 valence electrons. The minimum atomic E-state index is -0.529. The molecule has 0 bridgehead atoms. The minimum Gasteiger partial charge on any atom is -0.452 e. The Morgan fingerprint density at radius 2 is 1.90 bits per heavy atom. The monoisotopic (exact) mass is 287 g/mol. The van der Waals surface area contributed by atoms with E-state index in [0.717, 1.165) is 12.0 Å². The molecule has 1 fully saturated rings. The Labute approximate surface area is 125 Å². The number of allylic oxidation sites excluding steroid dienone is 1. The van der Waals surface area contributed by atoms with Gasteiger partial charge in [0, 0.05) is 7.05 Å². The molecule has 1 aliphatic rings. The Morgan fingerprint density at radius 3 is 2.52 bits per heavy atom. The van der Waals surface area contributed by atoms with Gasteiger partial charge in [0.05, 0.1) is 6.04 Å². The molecule has 1 saturated heterocycles. The van der Waals surface area contributed by atoms with E-state index in [1.54, 1.807) is 18.0 Å². The maximum Gasteiger partial charge on any atom is 0.344 e. The average molecular weight is 287 g/mol. The summed E-state index contributed by atoms with van der Waals surface area (Å²) in [7, 11) is 1.71. The summed E-state index contributed by atoms with van der Waals surface area (Å²) in [6, 6.07) is 9.32. The summed E-state index contributed by atoms with van der Waals surface area (Å²) in [6.45, 7) is 3.90. The van der Waals surface area contributed by atoms with Gasteiger partial charge in [0.25, 0.3) is 5.91 Å². The van der Waals surface area contributed by atoms with Crippen molar-refractivity contribution in [3.8, 4) is 0 Å². The molecule has 0 radical (unpaired) electrons. The predicted molar refractivity (Wildman–Crippen MR) is 80.5 cm³/mol. The van der Waals surface area contributed by atoms with Crippen molar-refractivity contribution in [3.63, 3.8) is 0 Å². The number of rotatable bonds is 3. The first-order chi connectivity index (χ1) is 10.1. The number of esters is 1. The lowest BCUT2D eigenvalue weighted by Crippen LogP contribution is -2.37. The van der Waals surface area contributed by atoms with Gasteiger partial charge in [-0.15, -0.1) is 0 Å². The molecule has 0 N–H and O–H groups in total. The van der Waals surface area contributed by atoms with Gasteiger partial charge in [0.1, 0.15) is 11.7 Å². The van der Waals surface area contributed by atoms with Gasteiger partial charge in [0.15, 0.2) is 0 Å². The lowest BCUT2D eigenvalue weighted by Gasteiger charge is -2.28. The van der Waals surface area contributed by atoms with E-state index in [2.05, 4.69) is 0 Å². The molecule has 2 atom stereocenters. The fourth-order valence-electron chi connectivity index (χ4n) is 2.39. The van der Waals surface area contributed by atoms with Crippen LogP contribution in [0.4, 0.5) is 0 Å². The van der Waals surface area contributed by atoms with Gasteiger partial charge in [-0.05, 0) is 18.9 Å². The zero-order chi connectivity index (χ0) is 15.4. The normalized spacial score (nSPS) is 24.9. The maximum absolute atomic E-state index is 12.4. The standard InChI is InChI=1S/C17H21NO3/c1-4-5-11-14-16(19)18(3)12(2)15(21-17(14)20)13-9-7-6-8-10-13/h6-12,15H,4-5H2,1-3H3/b14-11-/t12-,15-/m0/s1. The van der Waals surface area contributed by atoms with Crippen molar-refractivity contribution in [1.29, 1.82) is 0 Å². The Balaban J connectivity index is 2.36. The van der Waals surface area contributed by atoms with Crippen molar-refractivity contribution in [1.82, 2.24) is 4.90 Å². The molecule has 0 spiro atoms. The van der Waals surface area contributed by atoms with Crippen LogP contribution in [0.25, 0.3) is 0 Å². The summed E-state index contributed by atoms with van der Waals surface area (Å²) in [6.07, 6.45) is 2.81. The van der Waals surface area contributed by atoms with Gasteiger partial charge < -0.3 is 9.64 Å². The SMILES string of the molecule is CCC/C=C1\C(=O)O[C@H](c2ccccc2)[C@H](C)N(C)C1=O. The number of hydrogen-bond acceptors (Lipinski definition) is 3. The second-order valence-corrected chi connectivity index (χ2v) is 5.30.